The second-order valence-corrected chi connectivity index (χ2v) is 4.22. The molecule has 0 bridgehead atoms. The highest BCUT2D eigenvalue weighted by molar-refractivity contribution is 5.64. The number of hydrogen-bond acceptors (Lipinski definition) is 3. The van der Waals surface area contributed by atoms with Gasteiger partial charge >= 0.3 is 0 Å². The van der Waals surface area contributed by atoms with Gasteiger partial charge in [-0.15, -0.1) is 0 Å². The smallest absolute Gasteiger partial charge is 0.178 e. The Morgan fingerprint density at radius 3 is 2.69 bits per heavy atom. The van der Waals surface area contributed by atoms with Crippen LogP contribution >= 0.6 is 0 Å². The first kappa shape index (κ1) is 10.9. The fourth-order valence-electron chi connectivity index (χ4n) is 1.99. The largest absolute Gasteiger partial charge is 0.396 e. The normalized spacial score (nSPS) is 11.5. The molecule has 0 aromatic carbocycles. The molecular weight excluding hydrogens is 200 g/mol. The summed E-state index contributed by atoms with van der Waals surface area (Å²) >= 11 is 0. The molecular formula is C12H18N4. The van der Waals surface area contributed by atoms with Gasteiger partial charge in [0.05, 0.1) is 5.69 Å². The first-order valence-corrected chi connectivity index (χ1v) is 5.78. The molecule has 0 aliphatic rings. The van der Waals surface area contributed by atoms with Crippen molar-refractivity contribution in [1.82, 2.24) is 14.6 Å². The van der Waals surface area contributed by atoms with E-state index in [4.69, 9.17) is 5.73 Å². The van der Waals surface area contributed by atoms with Crippen molar-refractivity contribution in [3.05, 3.63) is 23.7 Å². The molecule has 0 amide bonds. The summed E-state index contributed by atoms with van der Waals surface area (Å²) in [6.45, 7) is 6.33. The standard InChI is InChI=1S/C12H18N4/c1-4-9(5-2)11-14-12-10(13)6-8(3)7-16(12)15-11/h6-7,9H,4-5,13H2,1-3H3. The van der Waals surface area contributed by atoms with E-state index in [0.717, 1.165) is 29.9 Å². The van der Waals surface area contributed by atoms with Crippen molar-refractivity contribution in [2.45, 2.75) is 39.5 Å². The lowest BCUT2D eigenvalue weighted by atomic mass is 10.0. The highest BCUT2D eigenvalue weighted by atomic mass is 15.3. The number of rotatable bonds is 3. The SMILES string of the molecule is CCC(CC)c1nc2c(N)cc(C)cn2n1. The summed E-state index contributed by atoms with van der Waals surface area (Å²) < 4.78 is 1.79. The molecule has 2 rings (SSSR count). The molecule has 0 aliphatic carbocycles. The Balaban J connectivity index is 2.55. The molecule has 2 aromatic rings. The zero-order valence-electron chi connectivity index (χ0n) is 10.1. The molecule has 0 aliphatic heterocycles. The van der Waals surface area contributed by atoms with Gasteiger partial charge in [-0.2, -0.15) is 5.10 Å². The van der Waals surface area contributed by atoms with Gasteiger partial charge in [0, 0.05) is 12.1 Å². The van der Waals surface area contributed by atoms with Crippen LogP contribution in [0.5, 0.6) is 0 Å². The number of nitrogens with two attached hydrogens (primary N) is 1. The molecule has 0 saturated carbocycles. The van der Waals surface area contributed by atoms with Crippen molar-refractivity contribution < 1.29 is 0 Å². The van der Waals surface area contributed by atoms with E-state index in [9.17, 15) is 0 Å². The molecule has 0 fully saturated rings. The lowest BCUT2D eigenvalue weighted by Gasteiger charge is -2.05. The van der Waals surface area contributed by atoms with Crippen molar-refractivity contribution in [3.8, 4) is 0 Å². The van der Waals surface area contributed by atoms with Gasteiger partial charge < -0.3 is 5.73 Å². The summed E-state index contributed by atoms with van der Waals surface area (Å²) in [6.07, 6.45) is 4.09. The van der Waals surface area contributed by atoms with Gasteiger partial charge in [-0.05, 0) is 31.4 Å². The summed E-state index contributed by atoms with van der Waals surface area (Å²) in [4.78, 5) is 4.52. The summed E-state index contributed by atoms with van der Waals surface area (Å²) in [7, 11) is 0. The Labute approximate surface area is 95.5 Å². The van der Waals surface area contributed by atoms with Crippen molar-refractivity contribution in [1.29, 1.82) is 0 Å². The Morgan fingerprint density at radius 1 is 1.38 bits per heavy atom. The molecule has 2 heterocycles. The number of anilines is 1. The third-order valence-corrected chi connectivity index (χ3v) is 2.97. The maximum Gasteiger partial charge on any atom is 0.178 e. The molecule has 0 spiro atoms. The number of aromatic nitrogens is 3. The number of aryl methyl sites for hydroxylation is 1. The van der Waals surface area contributed by atoms with Crippen LogP contribution in [-0.2, 0) is 0 Å². The molecule has 2 N–H and O–H groups in total. The van der Waals surface area contributed by atoms with Crippen LogP contribution in [0.1, 0.15) is 44.0 Å². The average molecular weight is 218 g/mol. The lowest BCUT2D eigenvalue weighted by Crippen LogP contribution is -1.98. The first-order valence-electron chi connectivity index (χ1n) is 5.78. The number of nitrogen functional groups attached to an aromatic ring is 1. The third-order valence-electron chi connectivity index (χ3n) is 2.97. The number of hydrogen-bond donors (Lipinski definition) is 1. The topological polar surface area (TPSA) is 56.2 Å². The highest BCUT2D eigenvalue weighted by Crippen LogP contribution is 2.22. The average Bonchev–Trinajstić information content (AvgIpc) is 2.63. The van der Waals surface area contributed by atoms with E-state index in [1.807, 2.05) is 19.2 Å². The van der Waals surface area contributed by atoms with Crippen LogP contribution in [-0.4, -0.2) is 14.6 Å². The van der Waals surface area contributed by atoms with E-state index in [1.54, 1.807) is 4.52 Å². The second kappa shape index (κ2) is 4.12. The highest BCUT2D eigenvalue weighted by Gasteiger charge is 2.14. The van der Waals surface area contributed by atoms with Crippen LogP contribution in [0.25, 0.3) is 5.65 Å². The molecule has 86 valence electrons. The minimum Gasteiger partial charge on any atom is -0.396 e. The number of fused-ring (bicyclic) bond motifs is 1. The molecule has 16 heavy (non-hydrogen) atoms. The van der Waals surface area contributed by atoms with Gasteiger partial charge in [-0.1, -0.05) is 13.8 Å². The zero-order chi connectivity index (χ0) is 11.7. The Bertz CT molecular complexity index is 497. The van der Waals surface area contributed by atoms with E-state index in [-0.39, 0.29) is 0 Å². The van der Waals surface area contributed by atoms with E-state index in [2.05, 4.69) is 23.9 Å². The first-order chi connectivity index (χ1) is 7.65. The predicted octanol–water partition coefficient (Wildman–Crippen LogP) is 2.52. The second-order valence-electron chi connectivity index (χ2n) is 4.22. The molecule has 2 aromatic heterocycles. The minimum atomic E-state index is 0.430. The summed E-state index contributed by atoms with van der Waals surface area (Å²) in [5.74, 6) is 1.34. The van der Waals surface area contributed by atoms with Gasteiger partial charge in [0.25, 0.3) is 0 Å². The minimum absolute atomic E-state index is 0.430. The van der Waals surface area contributed by atoms with Crippen LogP contribution in [0.2, 0.25) is 0 Å². The summed E-state index contributed by atoms with van der Waals surface area (Å²) in [6, 6.07) is 1.93. The summed E-state index contributed by atoms with van der Waals surface area (Å²) in [5.41, 5.74) is 8.50. The van der Waals surface area contributed by atoms with Crippen LogP contribution < -0.4 is 5.73 Å². The summed E-state index contributed by atoms with van der Waals surface area (Å²) in [5, 5.41) is 4.50. The number of pyridine rings is 1. The van der Waals surface area contributed by atoms with Crippen LogP contribution in [0, 0.1) is 6.92 Å². The fourth-order valence-corrected chi connectivity index (χ4v) is 1.99. The van der Waals surface area contributed by atoms with Gasteiger partial charge in [0.15, 0.2) is 11.5 Å². The van der Waals surface area contributed by atoms with Crippen LogP contribution in [0.15, 0.2) is 12.3 Å². The molecule has 0 saturated heterocycles. The van der Waals surface area contributed by atoms with Crippen molar-refractivity contribution >= 4 is 11.3 Å². The molecule has 0 atom stereocenters. The maximum atomic E-state index is 5.93. The molecule has 0 radical (unpaired) electrons. The van der Waals surface area contributed by atoms with E-state index in [1.165, 1.54) is 0 Å². The van der Waals surface area contributed by atoms with E-state index in [0.29, 0.717) is 11.6 Å². The van der Waals surface area contributed by atoms with Crippen LogP contribution in [0.3, 0.4) is 0 Å². The van der Waals surface area contributed by atoms with E-state index >= 15 is 0 Å². The van der Waals surface area contributed by atoms with Crippen molar-refractivity contribution in [2.75, 3.05) is 5.73 Å². The quantitative estimate of drug-likeness (QED) is 0.861. The van der Waals surface area contributed by atoms with Gasteiger partial charge in [-0.25, -0.2) is 9.50 Å². The molecule has 4 nitrogen and oxygen atoms in total. The fraction of sp³-hybridized carbons (Fsp3) is 0.500. The Morgan fingerprint density at radius 2 is 2.06 bits per heavy atom. The van der Waals surface area contributed by atoms with Crippen molar-refractivity contribution in [2.24, 2.45) is 0 Å². The Kier molecular flexibility index (Phi) is 2.81. The van der Waals surface area contributed by atoms with E-state index < -0.39 is 0 Å². The van der Waals surface area contributed by atoms with Gasteiger partial charge in [0.1, 0.15) is 0 Å². The molecule has 4 heteroatoms. The monoisotopic (exact) mass is 218 g/mol. The van der Waals surface area contributed by atoms with Gasteiger partial charge in [-0.3, -0.25) is 0 Å². The predicted molar refractivity (Wildman–Crippen MR) is 65.5 cm³/mol. The zero-order valence-corrected chi connectivity index (χ0v) is 10.1. The van der Waals surface area contributed by atoms with Crippen LogP contribution in [0.4, 0.5) is 5.69 Å². The van der Waals surface area contributed by atoms with Gasteiger partial charge in [0.2, 0.25) is 0 Å². The third kappa shape index (κ3) is 1.75. The number of nitrogens with zero attached hydrogens (tertiary/aromatic N) is 3. The van der Waals surface area contributed by atoms with Crippen molar-refractivity contribution in [3.63, 3.8) is 0 Å². The Hall–Kier alpha value is -1.58. The molecule has 0 unspecified atom stereocenters. The lowest BCUT2D eigenvalue weighted by molar-refractivity contribution is 0.601. The maximum absolute atomic E-state index is 5.93.